The van der Waals surface area contributed by atoms with E-state index in [1.807, 2.05) is 0 Å². The minimum Gasteiger partial charge on any atom is -0.493 e. The number of carbonyl (C=O) groups is 1. The molecule has 0 radical (unpaired) electrons. The van der Waals surface area contributed by atoms with Gasteiger partial charge >= 0.3 is 0 Å². The first kappa shape index (κ1) is 19.6. The number of ether oxygens (including phenoxy) is 1. The van der Waals surface area contributed by atoms with Crippen molar-refractivity contribution in [2.45, 2.75) is 51.9 Å². The third-order valence-corrected chi connectivity index (χ3v) is 3.72. The van der Waals surface area contributed by atoms with Crippen molar-refractivity contribution in [2.75, 3.05) is 27.2 Å². The van der Waals surface area contributed by atoms with Crippen LogP contribution in [0.4, 0.5) is 4.39 Å². The molecule has 1 rings (SSSR count). The van der Waals surface area contributed by atoms with Gasteiger partial charge in [-0.25, -0.2) is 4.39 Å². The second kappa shape index (κ2) is 11.2. The topological polar surface area (TPSA) is 29.5 Å². The maximum Gasteiger partial charge on any atom is 0.179 e. The van der Waals surface area contributed by atoms with Crippen LogP contribution < -0.4 is 4.74 Å². The first-order valence-corrected chi connectivity index (χ1v) is 8.65. The molecule has 4 heteroatoms. The fraction of sp³-hybridized carbons (Fsp3) is 0.632. The van der Waals surface area contributed by atoms with Gasteiger partial charge < -0.3 is 9.64 Å². The summed E-state index contributed by atoms with van der Waals surface area (Å²) in [6.07, 6.45) is 8.53. The molecular weight excluding hydrogens is 293 g/mol. The highest BCUT2D eigenvalue weighted by Crippen LogP contribution is 2.18. The van der Waals surface area contributed by atoms with Gasteiger partial charge in [-0.3, -0.25) is 4.79 Å². The van der Waals surface area contributed by atoms with Crippen LogP contribution in [-0.2, 0) is 0 Å². The third-order valence-electron chi connectivity index (χ3n) is 3.72. The van der Waals surface area contributed by atoms with Gasteiger partial charge in [0.1, 0.15) is 11.6 Å². The first-order chi connectivity index (χ1) is 11.0. The average Bonchev–Trinajstić information content (AvgIpc) is 2.49. The van der Waals surface area contributed by atoms with Gasteiger partial charge in [0.05, 0.1) is 18.7 Å². The summed E-state index contributed by atoms with van der Waals surface area (Å²) >= 11 is 0. The van der Waals surface area contributed by atoms with Crippen molar-refractivity contribution in [3.05, 3.63) is 29.6 Å². The number of nitrogens with zero attached hydrogens (tertiary/aromatic N) is 1. The van der Waals surface area contributed by atoms with E-state index in [9.17, 15) is 9.18 Å². The molecule has 0 aliphatic rings. The number of hydrogen-bond acceptors (Lipinski definition) is 3. The maximum absolute atomic E-state index is 14.0. The zero-order valence-corrected chi connectivity index (χ0v) is 14.7. The number of likely N-dealkylation sites (N-methyl/N-ethyl adjacent to an activating group) is 1. The lowest BCUT2D eigenvalue weighted by atomic mass is 10.1. The Morgan fingerprint density at radius 1 is 1.09 bits per heavy atom. The van der Waals surface area contributed by atoms with Crippen molar-refractivity contribution in [3.8, 4) is 5.75 Å². The first-order valence-electron chi connectivity index (χ1n) is 8.65. The van der Waals surface area contributed by atoms with E-state index in [0.717, 1.165) is 12.8 Å². The summed E-state index contributed by atoms with van der Waals surface area (Å²) in [6.45, 7) is 3.01. The standard InChI is InChI=1S/C19H30FNO2/c1-4-5-6-7-8-9-10-13-23-16-11-12-17(18(20)14-16)19(22)15-21(2)3/h11-12,14H,4-10,13,15H2,1-3H3. The molecule has 0 aliphatic carbocycles. The molecule has 0 heterocycles. The van der Waals surface area contributed by atoms with Crippen molar-refractivity contribution in [3.63, 3.8) is 0 Å². The van der Waals surface area contributed by atoms with E-state index in [0.29, 0.717) is 12.4 Å². The highest BCUT2D eigenvalue weighted by atomic mass is 19.1. The van der Waals surface area contributed by atoms with Crippen molar-refractivity contribution >= 4 is 5.78 Å². The van der Waals surface area contributed by atoms with Gasteiger partial charge in [0.2, 0.25) is 0 Å². The van der Waals surface area contributed by atoms with Gasteiger partial charge in [-0.2, -0.15) is 0 Å². The molecule has 0 saturated heterocycles. The van der Waals surface area contributed by atoms with Gasteiger partial charge in [-0.15, -0.1) is 0 Å². The number of benzene rings is 1. The normalized spacial score (nSPS) is 11.0. The molecule has 0 fully saturated rings. The van der Waals surface area contributed by atoms with Crippen LogP contribution >= 0.6 is 0 Å². The molecule has 0 unspecified atom stereocenters. The van der Waals surface area contributed by atoms with Gasteiger partial charge in [-0.05, 0) is 32.6 Å². The zero-order chi connectivity index (χ0) is 17.1. The summed E-state index contributed by atoms with van der Waals surface area (Å²) in [4.78, 5) is 13.6. The van der Waals surface area contributed by atoms with Crippen LogP contribution in [0.2, 0.25) is 0 Å². The fourth-order valence-electron chi connectivity index (χ4n) is 2.43. The molecule has 3 nitrogen and oxygen atoms in total. The lowest BCUT2D eigenvalue weighted by Gasteiger charge is -2.10. The highest BCUT2D eigenvalue weighted by molar-refractivity contribution is 5.97. The summed E-state index contributed by atoms with van der Waals surface area (Å²) in [5, 5.41) is 0. The van der Waals surface area contributed by atoms with E-state index in [-0.39, 0.29) is 17.9 Å². The summed E-state index contributed by atoms with van der Waals surface area (Å²) in [7, 11) is 3.57. The molecule has 1 aromatic carbocycles. The Morgan fingerprint density at radius 3 is 2.35 bits per heavy atom. The minimum atomic E-state index is -0.506. The molecular formula is C19H30FNO2. The van der Waals surface area contributed by atoms with Gasteiger partial charge in [0.15, 0.2) is 5.78 Å². The van der Waals surface area contributed by atoms with Crippen LogP contribution in [0.5, 0.6) is 5.75 Å². The van der Waals surface area contributed by atoms with E-state index in [1.54, 1.807) is 25.1 Å². The number of halogens is 1. The maximum atomic E-state index is 14.0. The number of carbonyl (C=O) groups excluding carboxylic acids is 1. The summed E-state index contributed by atoms with van der Waals surface area (Å²) in [6, 6.07) is 4.50. The number of rotatable bonds is 12. The average molecular weight is 323 g/mol. The van der Waals surface area contributed by atoms with E-state index in [1.165, 1.54) is 44.2 Å². The Bertz CT molecular complexity index is 474. The van der Waals surface area contributed by atoms with Crippen LogP contribution in [0.15, 0.2) is 18.2 Å². The lowest BCUT2D eigenvalue weighted by Crippen LogP contribution is -2.22. The second-order valence-electron chi connectivity index (χ2n) is 6.27. The Balaban J connectivity index is 2.30. The van der Waals surface area contributed by atoms with Crippen molar-refractivity contribution in [1.29, 1.82) is 0 Å². The summed E-state index contributed by atoms with van der Waals surface area (Å²) in [5.74, 6) is -0.227. The number of unbranched alkanes of at least 4 members (excludes halogenated alkanes) is 6. The van der Waals surface area contributed by atoms with Crippen LogP contribution in [0, 0.1) is 5.82 Å². The van der Waals surface area contributed by atoms with E-state index < -0.39 is 5.82 Å². The van der Waals surface area contributed by atoms with E-state index in [4.69, 9.17) is 4.74 Å². The van der Waals surface area contributed by atoms with Crippen LogP contribution in [0.25, 0.3) is 0 Å². The predicted molar refractivity (Wildman–Crippen MR) is 92.8 cm³/mol. The molecule has 1 aromatic rings. The molecule has 0 aliphatic heterocycles. The molecule has 0 saturated carbocycles. The molecule has 0 spiro atoms. The second-order valence-corrected chi connectivity index (χ2v) is 6.27. The number of ketones is 1. The summed E-state index contributed by atoms with van der Waals surface area (Å²) in [5.41, 5.74) is 0.127. The van der Waals surface area contributed by atoms with Crippen molar-refractivity contribution in [1.82, 2.24) is 4.90 Å². The van der Waals surface area contributed by atoms with Crippen molar-refractivity contribution in [2.24, 2.45) is 0 Å². The molecule has 23 heavy (non-hydrogen) atoms. The SMILES string of the molecule is CCCCCCCCCOc1ccc(C(=O)CN(C)C)c(F)c1. The molecule has 0 atom stereocenters. The monoisotopic (exact) mass is 323 g/mol. The Hall–Kier alpha value is -1.42. The van der Waals surface area contributed by atoms with Crippen LogP contribution in [0.1, 0.15) is 62.2 Å². The number of hydrogen-bond donors (Lipinski definition) is 0. The van der Waals surface area contributed by atoms with Crippen LogP contribution in [0.3, 0.4) is 0 Å². The lowest BCUT2D eigenvalue weighted by molar-refractivity contribution is 0.0954. The Kier molecular flexibility index (Phi) is 9.53. The molecule has 0 bridgehead atoms. The molecule has 0 aromatic heterocycles. The number of Topliss-reactive ketones (excluding diaryl/α,β-unsaturated/α-hetero) is 1. The highest BCUT2D eigenvalue weighted by Gasteiger charge is 2.13. The smallest absolute Gasteiger partial charge is 0.179 e. The minimum absolute atomic E-state index is 0.127. The third kappa shape index (κ3) is 8.12. The quantitative estimate of drug-likeness (QED) is 0.412. The van der Waals surface area contributed by atoms with Gasteiger partial charge in [0.25, 0.3) is 0 Å². The van der Waals surface area contributed by atoms with Gasteiger partial charge in [0, 0.05) is 6.07 Å². The Morgan fingerprint density at radius 2 is 1.74 bits per heavy atom. The van der Waals surface area contributed by atoms with Gasteiger partial charge in [-0.1, -0.05) is 45.4 Å². The van der Waals surface area contributed by atoms with E-state index in [2.05, 4.69) is 6.92 Å². The van der Waals surface area contributed by atoms with Crippen molar-refractivity contribution < 1.29 is 13.9 Å². The Labute approximate surface area is 139 Å². The molecule has 130 valence electrons. The zero-order valence-electron chi connectivity index (χ0n) is 14.7. The largest absolute Gasteiger partial charge is 0.493 e. The van der Waals surface area contributed by atoms with E-state index >= 15 is 0 Å². The summed E-state index contributed by atoms with van der Waals surface area (Å²) < 4.78 is 19.5. The fourth-order valence-corrected chi connectivity index (χ4v) is 2.43. The molecule has 0 amide bonds. The van der Waals surface area contributed by atoms with Crippen LogP contribution in [-0.4, -0.2) is 37.9 Å². The predicted octanol–water partition coefficient (Wildman–Crippen LogP) is 4.70. The molecule has 0 N–H and O–H groups in total.